The Kier molecular flexibility index (Phi) is 5.01. The van der Waals surface area contributed by atoms with Crippen molar-refractivity contribution in [1.82, 2.24) is 4.72 Å². The third kappa shape index (κ3) is 3.71. The van der Waals surface area contributed by atoms with E-state index in [2.05, 4.69) is 4.72 Å². The van der Waals surface area contributed by atoms with Gasteiger partial charge in [-0.15, -0.1) is 0 Å². The summed E-state index contributed by atoms with van der Waals surface area (Å²) in [5.74, 6) is 0. The van der Waals surface area contributed by atoms with Crippen molar-refractivity contribution in [2.24, 2.45) is 0 Å². The van der Waals surface area contributed by atoms with Gasteiger partial charge in [0.25, 0.3) is 0 Å². The van der Waals surface area contributed by atoms with E-state index in [1.54, 1.807) is 12.1 Å². The zero-order valence-corrected chi connectivity index (χ0v) is 12.6. The standard InChI is InChI=1S/C14H22N2O3S/c1-2-16(10-5-11-17)13-6-3-4-7-14(13)20(18,19)15-12-8-9-12/h3-4,6-7,12,15,17H,2,5,8-11H2,1H3. The molecule has 1 aliphatic carbocycles. The molecule has 112 valence electrons. The number of benzene rings is 1. The van der Waals surface area contributed by atoms with Crippen LogP contribution < -0.4 is 9.62 Å². The van der Waals surface area contributed by atoms with Gasteiger partial charge in [0.2, 0.25) is 10.0 Å². The van der Waals surface area contributed by atoms with Crippen molar-refractivity contribution in [2.75, 3.05) is 24.6 Å². The van der Waals surface area contributed by atoms with E-state index in [9.17, 15) is 8.42 Å². The van der Waals surface area contributed by atoms with Crippen LogP contribution in [0, 0.1) is 0 Å². The van der Waals surface area contributed by atoms with E-state index in [-0.39, 0.29) is 12.6 Å². The number of rotatable bonds is 8. The van der Waals surface area contributed by atoms with Gasteiger partial charge in [-0.1, -0.05) is 12.1 Å². The number of nitrogens with one attached hydrogen (secondary N) is 1. The highest BCUT2D eigenvalue weighted by Crippen LogP contribution is 2.28. The lowest BCUT2D eigenvalue weighted by Crippen LogP contribution is -2.30. The average Bonchev–Trinajstić information content (AvgIpc) is 3.23. The summed E-state index contributed by atoms with van der Waals surface area (Å²) < 4.78 is 27.5. The van der Waals surface area contributed by atoms with E-state index in [0.29, 0.717) is 30.1 Å². The number of hydrogen-bond acceptors (Lipinski definition) is 4. The molecule has 1 aromatic carbocycles. The van der Waals surface area contributed by atoms with E-state index < -0.39 is 10.0 Å². The minimum Gasteiger partial charge on any atom is -0.396 e. The average molecular weight is 298 g/mol. The van der Waals surface area contributed by atoms with Crippen LogP contribution in [0.1, 0.15) is 26.2 Å². The molecule has 0 aliphatic heterocycles. The minimum atomic E-state index is -3.46. The highest BCUT2D eigenvalue weighted by Gasteiger charge is 2.29. The first kappa shape index (κ1) is 15.3. The summed E-state index contributed by atoms with van der Waals surface area (Å²) in [5.41, 5.74) is 0.705. The lowest BCUT2D eigenvalue weighted by molar-refractivity contribution is 0.289. The molecule has 0 amide bonds. The van der Waals surface area contributed by atoms with Gasteiger partial charge in [0.15, 0.2) is 0 Å². The molecule has 1 aliphatic rings. The van der Waals surface area contributed by atoms with Gasteiger partial charge >= 0.3 is 0 Å². The molecule has 0 atom stereocenters. The van der Waals surface area contributed by atoms with Gasteiger partial charge in [-0.2, -0.15) is 0 Å². The molecule has 0 bridgehead atoms. The van der Waals surface area contributed by atoms with Crippen molar-refractivity contribution in [3.63, 3.8) is 0 Å². The van der Waals surface area contributed by atoms with Crippen LogP contribution in [0.4, 0.5) is 5.69 Å². The number of hydrogen-bond donors (Lipinski definition) is 2. The van der Waals surface area contributed by atoms with E-state index in [4.69, 9.17) is 5.11 Å². The number of sulfonamides is 1. The highest BCUT2D eigenvalue weighted by molar-refractivity contribution is 7.89. The molecule has 20 heavy (non-hydrogen) atoms. The van der Waals surface area contributed by atoms with Gasteiger partial charge in [-0.25, -0.2) is 13.1 Å². The number of para-hydroxylation sites is 1. The van der Waals surface area contributed by atoms with Gasteiger partial charge in [-0.05, 0) is 38.3 Å². The number of anilines is 1. The van der Waals surface area contributed by atoms with E-state index >= 15 is 0 Å². The number of aliphatic hydroxyl groups is 1. The third-order valence-corrected chi connectivity index (χ3v) is 4.93. The molecule has 1 fully saturated rings. The second-order valence-corrected chi connectivity index (χ2v) is 6.70. The Morgan fingerprint density at radius 3 is 2.65 bits per heavy atom. The third-order valence-electron chi connectivity index (χ3n) is 3.36. The summed E-state index contributed by atoms with van der Waals surface area (Å²) in [4.78, 5) is 2.31. The van der Waals surface area contributed by atoms with Crippen LogP contribution in [0.25, 0.3) is 0 Å². The molecule has 0 aromatic heterocycles. The quantitative estimate of drug-likeness (QED) is 0.760. The summed E-state index contributed by atoms with van der Waals surface area (Å²) in [5, 5.41) is 8.96. The molecule has 1 saturated carbocycles. The molecule has 6 heteroatoms. The van der Waals surface area contributed by atoms with E-state index in [0.717, 1.165) is 12.8 Å². The van der Waals surface area contributed by atoms with E-state index in [1.807, 2.05) is 24.0 Å². The Hall–Kier alpha value is -1.11. The van der Waals surface area contributed by atoms with Crippen LogP contribution in [0.3, 0.4) is 0 Å². The zero-order chi connectivity index (χ0) is 14.6. The highest BCUT2D eigenvalue weighted by atomic mass is 32.2. The molecule has 0 heterocycles. The predicted molar refractivity (Wildman–Crippen MR) is 79.4 cm³/mol. The second-order valence-electron chi connectivity index (χ2n) is 5.02. The Bertz CT molecular complexity index is 541. The van der Waals surface area contributed by atoms with Crippen LogP contribution in [-0.2, 0) is 10.0 Å². The van der Waals surface area contributed by atoms with Gasteiger partial charge in [0.1, 0.15) is 4.90 Å². The molecule has 2 N–H and O–H groups in total. The van der Waals surface area contributed by atoms with Crippen LogP contribution in [-0.4, -0.2) is 39.3 Å². The number of aliphatic hydroxyl groups excluding tert-OH is 1. The fraction of sp³-hybridized carbons (Fsp3) is 0.571. The van der Waals surface area contributed by atoms with Crippen LogP contribution in [0.5, 0.6) is 0 Å². The second kappa shape index (κ2) is 6.56. The summed E-state index contributed by atoms with van der Waals surface area (Å²) in [6.07, 6.45) is 2.46. The first-order chi connectivity index (χ1) is 9.58. The summed E-state index contributed by atoms with van der Waals surface area (Å²) in [7, 11) is -3.46. The molecule has 5 nitrogen and oxygen atoms in total. The topological polar surface area (TPSA) is 69.6 Å². The lowest BCUT2D eigenvalue weighted by atomic mass is 10.2. The maximum Gasteiger partial charge on any atom is 0.242 e. The van der Waals surface area contributed by atoms with Crippen molar-refractivity contribution < 1.29 is 13.5 Å². The Labute approximate surface area is 120 Å². The Morgan fingerprint density at radius 1 is 1.35 bits per heavy atom. The fourth-order valence-corrected chi connectivity index (χ4v) is 3.67. The van der Waals surface area contributed by atoms with Crippen molar-refractivity contribution >= 4 is 15.7 Å². The number of nitrogens with zero attached hydrogens (tertiary/aromatic N) is 1. The van der Waals surface area contributed by atoms with Crippen molar-refractivity contribution in [1.29, 1.82) is 0 Å². The van der Waals surface area contributed by atoms with Crippen LogP contribution in [0.2, 0.25) is 0 Å². The fourth-order valence-electron chi connectivity index (χ4n) is 2.14. The van der Waals surface area contributed by atoms with E-state index in [1.165, 1.54) is 0 Å². The largest absolute Gasteiger partial charge is 0.396 e. The maximum atomic E-state index is 12.4. The maximum absolute atomic E-state index is 12.4. The molecule has 0 saturated heterocycles. The van der Waals surface area contributed by atoms with Gasteiger partial charge in [0, 0.05) is 25.7 Å². The van der Waals surface area contributed by atoms with Crippen LogP contribution >= 0.6 is 0 Å². The van der Waals surface area contributed by atoms with Crippen molar-refractivity contribution in [3.8, 4) is 0 Å². The summed E-state index contributed by atoms with van der Waals surface area (Å²) in [6.45, 7) is 3.43. The lowest BCUT2D eigenvalue weighted by Gasteiger charge is -2.25. The minimum absolute atomic E-state index is 0.0978. The first-order valence-corrected chi connectivity index (χ1v) is 8.54. The van der Waals surface area contributed by atoms with Gasteiger partial charge < -0.3 is 10.0 Å². The van der Waals surface area contributed by atoms with Crippen molar-refractivity contribution in [3.05, 3.63) is 24.3 Å². The van der Waals surface area contributed by atoms with Gasteiger partial charge in [-0.3, -0.25) is 0 Å². The van der Waals surface area contributed by atoms with Crippen molar-refractivity contribution in [2.45, 2.75) is 37.1 Å². The smallest absolute Gasteiger partial charge is 0.242 e. The predicted octanol–water partition coefficient (Wildman–Crippen LogP) is 1.34. The summed E-state index contributed by atoms with van der Waals surface area (Å²) in [6, 6.07) is 7.14. The molecule has 0 spiro atoms. The Morgan fingerprint density at radius 2 is 2.05 bits per heavy atom. The molecule has 0 radical (unpaired) electrons. The molecular weight excluding hydrogens is 276 g/mol. The van der Waals surface area contributed by atoms with Crippen LogP contribution in [0.15, 0.2) is 29.2 Å². The normalized spacial score (nSPS) is 15.3. The molecule has 0 unspecified atom stereocenters. The SMILES string of the molecule is CCN(CCCO)c1ccccc1S(=O)(=O)NC1CC1. The first-order valence-electron chi connectivity index (χ1n) is 7.05. The summed E-state index contributed by atoms with van der Waals surface area (Å²) >= 11 is 0. The monoisotopic (exact) mass is 298 g/mol. The molecular formula is C14H22N2O3S. The van der Waals surface area contributed by atoms with Gasteiger partial charge in [0.05, 0.1) is 5.69 Å². The molecule has 1 aromatic rings. The Balaban J connectivity index is 2.28. The zero-order valence-electron chi connectivity index (χ0n) is 11.7. The molecule has 2 rings (SSSR count).